The fourth-order valence-corrected chi connectivity index (χ4v) is 3.69. The first-order valence-corrected chi connectivity index (χ1v) is 11.4. The number of nitrogens with zero attached hydrogens (tertiary/aromatic N) is 2. The monoisotopic (exact) mass is 431 g/mol. The van der Waals surface area contributed by atoms with Gasteiger partial charge in [0.15, 0.2) is 5.82 Å². The smallest absolute Gasteiger partial charge is 0.222 e. The van der Waals surface area contributed by atoms with Gasteiger partial charge in [-0.25, -0.2) is 4.98 Å². The lowest BCUT2D eigenvalue weighted by atomic mass is 10.1. The van der Waals surface area contributed by atoms with Gasteiger partial charge in [-0.15, -0.1) is 11.3 Å². The Balaban J connectivity index is 0.000000222. The molecule has 3 N–H and O–H groups in total. The minimum absolute atomic E-state index is 0.120. The molecule has 0 saturated heterocycles. The summed E-state index contributed by atoms with van der Waals surface area (Å²) in [6, 6.07) is 6.16. The molecule has 164 valence electrons. The maximum absolute atomic E-state index is 10.8. The highest BCUT2D eigenvalue weighted by atomic mass is 32.1. The van der Waals surface area contributed by atoms with Crippen LogP contribution in [0, 0.1) is 6.92 Å². The average Bonchev–Trinajstić information content (AvgIpc) is 3.34. The molecule has 0 bridgehead atoms. The number of benzene rings is 1. The van der Waals surface area contributed by atoms with Gasteiger partial charge in [-0.05, 0) is 38.8 Å². The second-order valence-electron chi connectivity index (χ2n) is 7.03. The lowest BCUT2D eigenvalue weighted by molar-refractivity contribution is -0.114. The Hall–Kier alpha value is -2.61. The molecule has 1 unspecified atom stereocenters. The Kier molecular flexibility index (Phi) is 9.60. The number of ether oxygens (including phenoxy) is 1. The minimum Gasteiger partial charge on any atom is -0.488 e. The maximum Gasteiger partial charge on any atom is 0.222 e. The van der Waals surface area contributed by atoms with Gasteiger partial charge in [0, 0.05) is 13.5 Å². The lowest BCUT2D eigenvalue weighted by Gasteiger charge is -2.17. The van der Waals surface area contributed by atoms with Crippen molar-refractivity contribution in [3.63, 3.8) is 0 Å². The predicted molar refractivity (Wildman–Crippen MR) is 126 cm³/mol. The summed E-state index contributed by atoms with van der Waals surface area (Å²) in [5.74, 6) is 1.38. The Morgan fingerprint density at radius 3 is 2.77 bits per heavy atom. The Bertz CT molecular complexity index is 921. The molecule has 1 aromatic carbocycles. The summed E-state index contributed by atoms with van der Waals surface area (Å²) >= 11 is 1.66. The number of H-pyrrole nitrogens is 1. The highest BCUT2D eigenvalue weighted by Crippen LogP contribution is 2.28. The number of aromatic nitrogens is 3. The van der Waals surface area contributed by atoms with Crippen LogP contribution in [-0.2, 0) is 4.79 Å². The van der Waals surface area contributed by atoms with Crippen LogP contribution in [0.1, 0.15) is 59.1 Å². The standard InChI is InChI=1S/C14H19NOS.C8H14N4O/c1-3-5-7-11(4-2)16-12-8-6-9-13-14(12)15-10-17-13;1-4-9-7-5(2)11-12-8(7)10-6(3)13/h6,8-11H,3-5,7H2,1-2H3;9H,4H2,1-3H3,(H2,10,11,12,13). The number of aryl methyl sites for hydroxylation is 1. The Morgan fingerprint density at radius 2 is 2.10 bits per heavy atom. The van der Waals surface area contributed by atoms with Gasteiger partial charge in [0.25, 0.3) is 0 Å². The first-order chi connectivity index (χ1) is 14.5. The van der Waals surface area contributed by atoms with Crippen LogP contribution < -0.4 is 15.4 Å². The summed E-state index contributed by atoms with van der Waals surface area (Å²) in [6.45, 7) is 10.5. The van der Waals surface area contributed by atoms with E-state index in [9.17, 15) is 4.79 Å². The number of nitrogens with one attached hydrogen (secondary N) is 3. The zero-order valence-corrected chi connectivity index (χ0v) is 19.4. The molecule has 0 aliphatic heterocycles. The molecule has 0 spiro atoms. The van der Waals surface area contributed by atoms with E-state index in [1.807, 2.05) is 31.5 Å². The molecule has 1 amide bonds. The van der Waals surface area contributed by atoms with Crippen molar-refractivity contribution >= 4 is 39.0 Å². The van der Waals surface area contributed by atoms with Crippen LogP contribution in [0.5, 0.6) is 5.75 Å². The maximum atomic E-state index is 10.8. The number of amides is 1. The molecule has 2 heterocycles. The van der Waals surface area contributed by atoms with Crippen molar-refractivity contribution in [2.75, 3.05) is 17.2 Å². The van der Waals surface area contributed by atoms with Crippen LogP contribution in [0.4, 0.5) is 11.5 Å². The molecule has 7 nitrogen and oxygen atoms in total. The van der Waals surface area contributed by atoms with E-state index in [2.05, 4.69) is 45.7 Å². The molecule has 0 aliphatic carbocycles. The van der Waals surface area contributed by atoms with Crippen LogP contribution in [-0.4, -0.2) is 33.7 Å². The topological polar surface area (TPSA) is 91.9 Å². The molecule has 0 aliphatic rings. The van der Waals surface area contributed by atoms with Gasteiger partial charge in [0.1, 0.15) is 17.0 Å². The van der Waals surface area contributed by atoms with Gasteiger partial charge >= 0.3 is 0 Å². The van der Waals surface area contributed by atoms with Crippen molar-refractivity contribution in [3.05, 3.63) is 29.4 Å². The lowest BCUT2D eigenvalue weighted by Crippen LogP contribution is -2.15. The first kappa shape index (κ1) is 23.7. The normalized spacial score (nSPS) is 11.5. The van der Waals surface area contributed by atoms with Gasteiger partial charge in [-0.2, -0.15) is 5.10 Å². The minimum atomic E-state index is -0.120. The van der Waals surface area contributed by atoms with Crippen LogP contribution in [0.2, 0.25) is 0 Å². The van der Waals surface area contributed by atoms with E-state index in [4.69, 9.17) is 4.74 Å². The number of aromatic amines is 1. The summed E-state index contributed by atoms with van der Waals surface area (Å²) in [7, 11) is 0. The van der Waals surface area contributed by atoms with Crippen LogP contribution in [0.3, 0.4) is 0 Å². The van der Waals surface area contributed by atoms with E-state index < -0.39 is 0 Å². The molecule has 3 aromatic rings. The highest BCUT2D eigenvalue weighted by Gasteiger charge is 2.11. The Labute approximate surface area is 182 Å². The summed E-state index contributed by atoms with van der Waals surface area (Å²) in [6.07, 6.45) is 4.96. The van der Waals surface area contributed by atoms with E-state index in [0.29, 0.717) is 11.9 Å². The molecule has 0 radical (unpaired) electrons. The second kappa shape index (κ2) is 12.2. The van der Waals surface area contributed by atoms with E-state index in [-0.39, 0.29) is 5.91 Å². The average molecular weight is 432 g/mol. The van der Waals surface area contributed by atoms with E-state index in [1.165, 1.54) is 24.5 Å². The zero-order valence-electron chi connectivity index (χ0n) is 18.5. The number of hydrogen-bond donors (Lipinski definition) is 3. The van der Waals surface area contributed by atoms with Crippen molar-refractivity contribution in [2.45, 2.75) is 66.4 Å². The Morgan fingerprint density at radius 1 is 1.30 bits per heavy atom. The summed E-state index contributed by atoms with van der Waals surface area (Å²) in [5.41, 5.74) is 4.67. The van der Waals surface area contributed by atoms with Crippen LogP contribution in [0.15, 0.2) is 23.7 Å². The molecule has 0 saturated carbocycles. The van der Waals surface area contributed by atoms with Gasteiger partial charge in [0.2, 0.25) is 5.91 Å². The molecule has 3 rings (SSSR count). The van der Waals surface area contributed by atoms with Crippen LogP contribution >= 0.6 is 11.3 Å². The SMILES string of the molecule is CCCCC(CC)Oc1cccc2scnc12.CCNc1c(NC(C)=O)n[nH]c1C. The van der Waals surface area contributed by atoms with Crippen molar-refractivity contribution in [3.8, 4) is 5.75 Å². The highest BCUT2D eigenvalue weighted by molar-refractivity contribution is 7.16. The number of carbonyl (C=O) groups excluding carboxylic acids is 1. The molecule has 8 heteroatoms. The van der Waals surface area contributed by atoms with Crippen molar-refractivity contribution in [1.82, 2.24) is 15.2 Å². The quantitative estimate of drug-likeness (QED) is 0.401. The number of para-hydroxylation sites is 1. The summed E-state index contributed by atoms with van der Waals surface area (Å²) < 4.78 is 7.28. The number of unbranched alkanes of at least 4 members (excludes halogenated alkanes) is 1. The fourth-order valence-electron chi connectivity index (χ4n) is 2.99. The molecule has 30 heavy (non-hydrogen) atoms. The molecule has 0 fully saturated rings. The molecule has 2 aromatic heterocycles. The number of carbonyl (C=O) groups is 1. The molecular formula is C22H33N5O2S. The third-order valence-electron chi connectivity index (χ3n) is 4.55. The van der Waals surface area contributed by atoms with Crippen molar-refractivity contribution in [2.24, 2.45) is 0 Å². The first-order valence-electron chi connectivity index (χ1n) is 10.5. The number of anilines is 2. The predicted octanol–water partition coefficient (Wildman–Crippen LogP) is 5.75. The fraction of sp³-hybridized carbons (Fsp3) is 0.500. The molecule has 1 atom stereocenters. The third-order valence-corrected chi connectivity index (χ3v) is 5.34. The van der Waals surface area contributed by atoms with E-state index in [1.54, 1.807) is 11.3 Å². The largest absolute Gasteiger partial charge is 0.488 e. The third kappa shape index (κ3) is 6.73. The summed E-state index contributed by atoms with van der Waals surface area (Å²) in [5, 5.41) is 12.5. The van der Waals surface area contributed by atoms with Gasteiger partial charge in [-0.3, -0.25) is 9.89 Å². The van der Waals surface area contributed by atoms with Gasteiger partial charge in [-0.1, -0.05) is 32.8 Å². The number of hydrogen-bond acceptors (Lipinski definition) is 6. The van der Waals surface area contributed by atoms with Gasteiger partial charge < -0.3 is 15.4 Å². The number of fused-ring (bicyclic) bond motifs is 1. The van der Waals surface area contributed by atoms with Crippen molar-refractivity contribution < 1.29 is 9.53 Å². The van der Waals surface area contributed by atoms with E-state index in [0.717, 1.165) is 42.0 Å². The second-order valence-corrected chi connectivity index (χ2v) is 7.92. The van der Waals surface area contributed by atoms with Crippen molar-refractivity contribution in [1.29, 1.82) is 0 Å². The molecular weight excluding hydrogens is 398 g/mol. The van der Waals surface area contributed by atoms with Gasteiger partial charge in [0.05, 0.1) is 22.0 Å². The summed E-state index contributed by atoms with van der Waals surface area (Å²) in [4.78, 5) is 15.2. The van der Waals surface area contributed by atoms with Crippen LogP contribution in [0.25, 0.3) is 10.2 Å². The zero-order chi connectivity index (χ0) is 21.9. The number of thiazole rings is 1. The number of rotatable bonds is 9. The van der Waals surface area contributed by atoms with E-state index >= 15 is 0 Å².